The number of phenolic OH excluding ortho intramolecular Hbond substituents is 2. The Hall–Kier alpha value is -3.34. The van der Waals surface area contributed by atoms with Crippen LogP contribution in [-0.2, 0) is 0 Å². The van der Waals surface area contributed by atoms with Gasteiger partial charge in [-0.15, -0.1) is 0 Å². The average Bonchev–Trinajstić information content (AvgIpc) is 2.99. The van der Waals surface area contributed by atoms with Gasteiger partial charge in [-0.05, 0) is 60.7 Å². The molecule has 4 aromatic rings. The zero-order chi connectivity index (χ0) is 15.8. The molecular weight excluding hydrogens is 290 g/mol. The summed E-state index contributed by atoms with van der Waals surface area (Å²) in [4.78, 5) is 4.57. The summed E-state index contributed by atoms with van der Waals surface area (Å²) in [6.07, 6.45) is 0. The van der Waals surface area contributed by atoms with E-state index in [0.29, 0.717) is 5.65 Å². The average molecular weight is 303 g/mol. The van der Waals surface area contributed by atoms with Crippen molar-refractivity contribution in [1.29, 1.82) is 0 Å². The van der Waals surface area contributed by atoms with Crippen LogP contribution in [0, 0.1) is 0 Å². The van der Waals surface area contributed by atoms with E-state index in [-0.39, 0.29) is 11.5 Å². The number of hydrogen-bond donors (Lipinski definition) is 3. The maximum Gasteiger partial charge on any atom is 0.182 e. The second-order valence-electron chi connectivity index (χ2n) is 5.26. The lowest BCUT2D eigenvalue weighted by atomic mass is 10.1. The van der Waals surface area contributed by atoms with Crippen LogP contribution in [0.3, 0.4) is 0 Å². The van der Waals surface area contributed by atoms with Gasteiger partial charge in [-0.1, -0.05) is 0 Å². The summed E-state index contributed by atoms with van der Waals surface area (Å²) in [5, 5.41) is 27.0. The van der Waals surface area contributed by atoms with Gasteiger partial charge in [0.1, 0.15) is 11.5 Å². The van der Waals surface area contributed by atoms with Crippen LogP contribution in [0.25, 0.3) is 33.5 Å². The largest absolute Gasteiger partial charge is 0.508 e. The Bertz CT molecular complexity index is 974. The Kier molecular flexibility index (Phi) is 2.98. The normalized spacial score (nSPS) is 11.0. The molecule has 5 heteroatoms. The SMILES string of the molecule is Oc1ccc(-c2ccc3c(-c4ccc(O)cc4)[nH]nc3n2)cc1. The lowest BCUT2D eigenvalue weighted by Crippen LogP contribution is -1.84. The highest BCUT2D eigenvalue weighted by molar-refractivity contribution is 5.92. The van der Waals surface area contributed by atoms with E-state index < -0.39 is 0 Å². The molecule has 0 aliphatic heterocycles. The molecule has 112 valence electrons. The van der Waals surface area contributed by atoms with Crippen molar-refractivity contribution in [2.24, 2.45) is 0 Å². The van der Waals surface area contributed by atoms with Gasteiger partial charge in [0.15, 0.2) is 5.65 Å². The van der Waals surface area contributed by atoms with Crippen LogP contribution < -0.4 is 0 Å². The highest BCUT2D eigenvalue weighted by Crippen LogP contribution is 2.29. The zero-order valence-electron chi connectivity index (χ0n) is 12.1. The fourth-order valence-electron chi connectivity index (χ4n) is 2.54. The molecule has 3 N–H and O–H groups in total. The summed E-state index contributed by atoms with van der Waals surface area (Å²) in [6, 6.07) is 17.7. The number of phenols is 2. The van der Waals surface area contributed by atoms with Crippen molar-refractivity contribution in [2.75, 3.05) is 0 Å². The standard InChI is InChI=1S/C18H13N3O2/c22-13-5-1-11(2-6-13)16-10-9-15-17(20-21-18(15)19-16)12-3-7-14(23)8-4-12/h1-10,22-23H,(H,19,20,21). The van der Waals surface area contributed by atoms with E-state index in [9.17, 15) is 10.2 Å². The Morgan fingerprint density at radius 2 is 1.30 bits per heavy atom. The molecule has 0 aliphatic rings. The first-order valence-corrected chi connectivity index (χ1v) is 7.15. The predicted molar refractivity (Wildman–Crippen MR) is 88.1 cm³/mol. The second-order valence-corrected chi connectivity index (χ2v) is 5.26. The van der Waals surface area contributed by atoms with Gasteiger partial charge < -0.3 is 10.2 Å². The fraction of sp³-hybridized carbons (Fsp3) is 0. The minimum Gasteiger partial charge on any atom is -0.508 e. The first-order chi connectivity index (χ1) is 11.2. The molecule has 0 saturated heterocycles. The van der Waals surface area contributed by atoms with Gasteiger partial charge in [-0.3, -0.25) is 5.10 Å². The predicted octanol–water partition coefficient (Wildman–Crippen LogP) is 3.70. The Labute approximate surface area is 131 Å². The molecule has 0 radical (unpaired) electrons. The smallest absolute Gasteiger partial charge is 0.182 e. The molecule has 2 aromatic carbocycles. The number of aromatic nitrogens is 3. The number of nitrogens with zero attached hydrogens (tertiary/aromatic N) is 2. The number of aromatic amines is 1. The number of hydrogen-bond acceptors (Lipinski definition) is 4. The van der Waals surface area contributed by atoms with E-state index in [2.05, 4.69) is 15.2 Å². The molecule has 0 spiro atoms. The lowest BCUT2D eigenvalue weighted by molar-refractivity contribution is 0.475. The van der Waals surface area contributed by atoms with Crippen LogP contribution in [0.4, 0.5) is 0 Å². The molecule has 0 bridgehead atoms. The van der Waals surface area contributed by atoms with Gasteiger partial charge in [0.2, 0.25) is 0 Å². The molecule has 0 saturated carbocycles. The van der Waals surface area contributed by atoms with Gasteiger partial charge >= 0.3 is 0 Å². The van der Waals surface area contributed by atoms with Crippen LogP contribution in [0.2, 0.25) is 0 Å². The summed E-state index contributed by atoms with van der Waals surface area (Å²) in [5.41, 5.74) is 4.13. The molecule has 4 rings (SSSR count). The van der Waals surface area contributed by atoms with Crippen molar-refractivity contribution < 1.29 is 10.2 Å². The van der Waals surface area contributed by atoms with Crippen LogP contribution in [0.1, 0.15) is 0 Å². The molecule has 0 amide bonds. The Morgan fingerprint density at radius 3 is 1.96 bits per heavy atom. The molecule has 0 aliphatic carbocycles. The molecular formula is C18H13N3O2. The second kappa shape index (κ2) is 5.14. The summed E-state index contributed by atoms with van der Waals surface area (Å²) < 4.78 is 0. The number of rotatable bonds is 2. The number of fused-ring (bicyclic) bond motifs is 1. The summed E-state index contributed by atoms with van der Waals surface area (Å²) in [7, 11) is 0. The minimum atomic E-state index is 0.226. The van der Waals surface area contributed by atoms with Crippen LogP contribution in [0.5, 0.6) is 11.5 Å². The van der Waals surface area contributed by atoms with Crippen molar-refractivity contribution in [2.45, 2.75) is 0 Å². The zero-order valence-corrected chi connectivity index (χ0v) is 12.1. The third kappa shape index (κ3) is 2.38. The third-order valence-electron chi connectivity index (χ3n) is 3.74. The summed E-state index contributed by atoms with van der Waals surface area (Å²) in [5.74, 6) is 0.453. The molecule has 23 heavy (non-hydrogen) atoms. The first-order valence-electron chi connectivity index (χ1n) is 7.15. The van der Waals surface area contributed by atoms with Gasteiger partial charge in [0, 0.05) is 16.5 Å². The quantitative estimate of drug-likeness (QED) is 0.527. The van der Waals surface area contributed by atoms with Crippen LogP contribution in [0.15, 0.2) is 60.7 Å². The van der Waals surface area contributed by atoms with Gasteiger partial charge in [-0.2, -0.15) is 5.10 Å². The summed E-state index contributed by atoms with van der Waals surface area (Å²) >= 11 is 0. The van der Waals surface area contributed by atoms with Gasteiger partial charge in [0.05, 0.1) is 11.4 Å². The van der Waals surface area contributed by atoms with E-state index in [0.717, 1.165) is 27.9 Å². The van der Waals surface area contributed by atoms with E-state index in [1.807, 2.05) is 36.4 Å². The van der Waals surface area contributed by atoms with Crippen molar-refractivity contribution in [1.82, 2.24) is 15.2 Å². The maximum atomic E-state index is 9.39. The van der Waals surface area contributed by atoms with Gasteiger partial charge in [-0.25, -0.2) is 4.98 Å². The van der Waals surface area contributed by atoms with E-state index >= 15 is 0 Å². The van der Waals surface area contributed by atoms with E-state index in [1.165, 1.54) is 0 Å². The van der Waals surface area contributed by atoms with Crippen molar-refractivity contribution in [3.63, 3.8) is 0 Å². The maximum absolute atomic E-state index is 9.39. The fourth-order valence-corrected chi connectivity index (χ4v) is 2.54. The van der Waals surface area contributed by atoms with Crippen LogP contribution >= 0.6 is 0 Å². The van der Waals surface area contributed by atoms with Crippen molar-refractivity contribution in [3.05, 3.63) is 60.7 Å². The Morgan fingerprint density at radius 1 is 0.696 bits per heavy atom. The molecule has 5 nitrogen and oxygen atoms in total. The Balaban J connectivity index is 1.79. The minimum absolute atomic E-state index is 0.226. The lowest BCUT2D eigenvalue weighted by Gasteiger charge is -2.02. The van der Waals surface area contributed by atoms with Gasteiger partial charge in [0.25, 0.3) is 0 Å². The number of H-pyrrole nitrogens is 1. The molecule has 2 heterocycles. The highest BCUT2D eigenvalue weighted by atomic mass is 16.3. The molecule has 0 fully saturated rings. The summed E-state index contributed by atoms with van der Waals surface area (Å²) in [6.45, 7) is 0. The number of nitrogens with one attached hydrogen (secondary N) is 1. The molecule has 2 aromatic heterocycles. The monoisotopic (exact) mass is 303 g/mol. The topological polar surface area (TPSA) is 82.0 Å². The number of pyridine rings is 1. The third-order valence-corrected chi connectivity index (χ3v) is 3.74. The first kappa shape index (κ1) is 13.3. The number of aromatic hydroxyl groups is 2. The van der Waals surface area contributed by atoms with E-state index in [1.54, 1.807) is 24.3 Å². The molecule has 0 atom stereocenters. The number of benzene rings is 2. The highest BCUT2D eigenvalue weighted by Gasteiger charge is 2.10. The van der Waals surface area contributed by atoms with E-state index in [4.69, 9.17) is 0 Å². The van der Waals surface area contributed by atoms with Crippen molar-refractivity contribution in [3.8, 4) is 34.0 Å². The van der Waals surface area contributed by atoms with Crippen molar-refractivity contribution >= 4 is 11.0 Å². The molecule has 0 unspecified atom stereocenters. The van der Waals surface area contributed by atoms with Crippen LogP contribution in [-0.4, -0.2) is 25.4 Å².